The van der Waals surface area contributed by atoms with Crippen molar-refractivity contribution in [2.45, 2.75) is 31.9 Å². The standard InChI is InChI=1S/C13H15N3O2/c1-2-9(14)12-15-13(18-16-12)11-7-8-5-3-4-6-10(8)17-11/h3-6,9,11H,2,7,14H2,1H3. The summed E-state index contributed by atoms with van der Waals surface area (Å²) >= 11 is 0. The third-order valence-electron chi connectivity index (χ3n) is 3.15. The minimum atomic E-state index is -0.187. The zero-order valence-electron chi connectivity index (χ0n) is 10.2. The third kappa shape index (κ3) is 1.86. The molecule has 0 fully saturated rings. The van der Waals surface area contributed by atoms with E-state index in [4.69, 9.17) is 15.0 Å². The molecule has 0 amide bonds. The van der Waals surface area contributed by atoms with Gasteiger partial charge in [0.2, 0.25) is 0 Å². The predicted octanol–water partition coefficient (Wildman–Crippen LogP) is 2.16. The van der Waals surface area contributed by atoms with Crippen molar-refractivity contribution in [3.05, 3.63) is 41.5 Å². The number of hydrogen-bond acceptors (Lipinski definition) is 5. The van der Waals surface area contributed by atoms with Gasteiger partial charge < -0.3 is 15.0 Å². The second kappa shape index (κ2) is 4.42. The minimum absolute atomic E-state index is 0.175. The molecular formula is C13H15N3O2. The maximum absolute atomic E-state index is 5.86. The largest absolute Gasteiger partial charge is 0.480 e. The molecule has 3 rings (SSSR count). The summed E-state index contributed by atoms with van der Waals surface area (Å²) in [6, 6.07) is 7.77. The van der Waals surface area contributed by atoms with Gasteiger partial charge in [-0.15, -0.1) is 0 Å². The van der Waals surface area contributed by atoms with Crippen LogP contribution in [0.2, 0.25) is 0 Å². The first-order valence-corrected chi connectivity index (χ1v) is 6.11. The van der Waals surface area contributed by atoms with E-state index in [9.17, 15) is 0 Å². The number of aromatic nitrogens is 2. The highest BCUT2D eigenvalue weighted by atomic mass is 16.5. The van der Waals surface area contributed by atoms with Gasteiger partial charge >= 0.3 is 0 Å². The van der Waals surface area contributed by atoms with Crippen molar-refractivity contribution in [1.82, 2.24) is 10.1 Å². The highest BCUT2D eigenvalue weighted by molar-refractivity contribution is 5.37. The third-order valence-corrected chi connectivity index (χ3v) is 3.15. The van der Waals surface area contributed by atoms with Gasteiger partial charge in [-0.1, -0.05) is 30.3 Å². The first-order chi connectivity index (χ1) is 8.78. The molecule has 2 heterocycles. The van der Waals surface area contributed by atoms with Crippen LogP contribution in [0.1, 0.15) is 42.8 Å². The van der Waals surface area contributed by atoms with Crippen LogP contribution in [0.5, 0.6) is 5.75 Å². The Balaban J connectivity index is 1.80. The van der Waals surface area contributed by atoms with Crippen LogP contribution in [-0.4, -0.2) is 10.1 Å². The molecule has 1 aromatic heterocycles. The lowest BCUT2D eigenvalue weighted by molar-refractivity contribution is 0.183. The van der Waals surface area contributed by atoms with Crippen molar-refractivity contribution < 1.29 is 9.26 Å². The molecule has 1 aliphatic heterocycles. The maximum Gasteiger partial charge on any atom is 0.268 e. The van der Waals surface area contributed by atoms with E-state index in [0.717, 1.165) is 18.6 Å². The Morgan fingerprint density at radius 2 is 2.28 bits per heavy atom. The summed E-state index contributed by atoms with van der Waals surface area (Å²) in [5.41, 5.74) is 7.03. The van der Waals surface area contributed by atoms with Crippen molar-refractivity contribution >= 4 is 0 Å². The zero-order chi connectivity index (χ0) is 12.5. The number of hydrogen-bond donors (Lipinski definition) is 1. The molecule has 2 atom stereocenters. The van der Waals surface area contributed by atoms with Gasteiger partial charge in [0, 0.05) is 6.42 Å². The second-order valence-electron chi connectivity index (χ2n) is 4.42. The fourth-order valence-corrected chi connectivity index (χ4v) is 2.03. The van der Waals surface area contributed by atoms with Gasteiger partial charge in [-0.2, -0.15) is 4.98 Å². The Bertz CT molecular complexity index is 528. The summed E-state index contributed by atoms with van der Waals surface area (Å²) in [5.74, 6) is 1.94. The zero-order valence-corrected chi connectivity index (χ0v) is 10.2. The predicted molar refractivity (Wildman–Crippen MR) is 65.0 cm³/mol. The van der Waals surface area contributed by atoms with E-state index in [1.165, 1.54) is 5.56 Å². The molecule has 0 radical (unpaired) electrons. The Morgan fingerprint density at radius 3 is 3.06 bits per heavy atom. The van der Waals surface area contributed by atoms with Gasteiger partial charge in [0.1, 0.15) is 5.75 Å². The summed E-state index contributed by atoms with van der Waals surface area (Å²) in [4.78, 5) is 4.32. The molecule has 5 heteroatoms. The van der Waals surface area contributed by atoms with Crippen LogP contribution in [0, 0.1) is 0 Å². The van der Waals surface area contributed by atoms with Crippen LogP contribution in [-0.2, 0) is 6.42 Å². The van der Waals surface area contributed by atoms with Crippen molar-refractivity contribution in [2.75, 3.05) is 0 Å². The van der Waals surface area contributed by atoms with E-state index in [1.54, 1.807) is 0 Å². The number of ether oxygens (including phenoxy) is 1. The highest BCUT2D eigenvalue weighted by Gasteiger charge is 2.29. The Kier molecular flexibility index (Phi) is 2.76. The van der Waals surface area contributed by atoms with E-state index < -0.39 is 0 Å². The first kappa shape index (κ1) is 11.2. The molecule has 0 spiro atoms. The molecule has 0 aliphatic carbocycles. The second-order valence-corrected chi connectivity index (χ2v) is 4.42. The molecule has 94 valence electrons. The molecule has 2 unspecified atom stereocenters. The van der Waals surface area contributed by atoms with Gasteiger partial charge in [-0.05, 0) is 18.1 Å². The Hall–Kier alpha value is -1.88. The lowest BCUT2D eigenvalue weighted by atomic mass is 10.1. The van der Waals surface area contributed by atoms with Crippen LogP contribution in [0.15, 0.2) is 28.8 Å². The molecule has 2 aromatic rings. The van der Waals surface area contributed by atoms with Gasteiger partial charge in [0.15, 0.2) is 11.9 Å². The van der Waals surface area contributed by atoms with Crippen LogP contribution in [0.4, 0.5) is 0 Å². The highest BCUT2D eigenvalue weighted by Crippen LogP contribution is 2.35. The molecule has 18 heavy (non-hydrogen) atoms. The van der Waals surface area contributed by atoms with Crippen LogP contribution >= 0.6 is 0 Å². The lowest BCUT2D eigenvalue weighted by Crippen LogP contribution is -2.11. The maximum atomic E-state index is 5.86. The number of nitrogens with two attached hydrogens (primary N) is 1. The summed E-state index contributed by atoms with van der Waals surface area (Å²) in [6.45, 7) is 1.99. The summed E-state index contributed by atoms with van der Waals surface area (Å²) < 4.78 is 11.0. The van der Waals surface area contributed by atoms with E-state index in [2.05, 4.69) is 10.1 Å². The fraction of sp³-hybridized carbons (Fsp3) is 0.385. The monoisotopic (exact) mass is 245 g/mol. The summed E-state index contributed by atoms with van der Waals surface area (Å²) in [7, 11) is 0. The van der Waals surface area contributed by atoms with Crippen molar-refractivity contribution in [3.8, 4) is 5.75 Å². The number of rotatable bonds is 3. The summed E-state index contributed by atoms with van der Waals surface area (Å²) in [5, 5.41) is 3.90. The van der Waals surface area contributed by atoms with Crippen molar-refractivity contribution in [1.29, 1.82) is 0 Å². The van der Waals surface area contributed by atoms with Gasteiger partial charge in [0.05, 0.1) is 6.04 Å². The first-order valence-electron chi connectivity index (χ1n) is 6.11. The van der Waals surface area contributed by atoms with Gasteiger partial charge in [-0.25, -0.2) is 0 Å². The Morgan fingerprint density at radius 1 is 1.44 bits per heavy atom. The SMILES string of the molecule is CCC(N)c1noc(C2Cc3ccccc3O2)n1. The van der Waals surface area contributed by atoms with E-state index in [0.29, 0.717) is 11.7 Å². The topological polar surface area (TPSA) is 74.2 Å². The van der Waals surface area contributed by atoms with Gasteiger partial charge in [-0.3, -0.25) is 0 Å². The molecule has 1 aliphatic rings. The normalized spacial score (nSPS) is 19.3. The smallest absolute Gasteiger partial charge is 0.268 e. The molecule has 0 saturated heterocycles. The van der Waals surface area contributed by atoms with E-state index in [-0.39, 0.29) is 12.1 Å². The molecule has 0 saturated carbocycles. The quantitative estimate of drug-likeness (QED) is 0.896. The van der Waals surface area contributed by atoms with Crippen LogP contribution in [0.3, 0.4) is 0 Å². The number of fused-ring (bicyclic) bond motifs is 1. The van der Waals surface area contributed by atoms with E-state index >= 15 is 0 Å². The minimum Gasteiger partial charge on any atom is -0.480 e. The average Bonchev–Trinajstić information content (AvgIpc) is 3.03. The molecule has 0 bridgehead atoms. The van der Waals surface area contributed by atoms with Crippen LogP contribution in [0.25, 0.3) is 0 Å². The molecule has 5 nitrogen and oxygen atoms in total. The lowest BCUT2D eigenvalue weighted by Gasteiger charge is -2.04. The van der Waals surface area contributed by atoms with Crippen molar-refractivity contribution in [2.24, 2.45) is 5.73 Å². The molecule has 2 N–H and O–H groups in total. The molecular weight excluding hydrogens is 230 g/mol. The number of nitrogens with zero attached hydrogens (tertiary/aromatic N) is 2. The Labute approximate surface area is 105 Å². The molecule has 1 aromatic carbocycles. The number of benzene rings is 1. The fourth-order valence-electron chi connectivity index (χ4n) is 2.03. The average molecular weight is 245 g/mol. The van der Waals surface area contributed by atoms with Crippen molar-refractivity contribution in [3.63, 3.8) is 0 Å². The number of para-hydroxylation sites is 1. The van der Waals surface area contributed by atoms with Crippen LogP contribution < -0.4 is 10.5 Å². The summed E-state index contributed by atoms with van der Waals surface area (Å²) in [6.07, 6.45) is 1.36. The van der Waals surface area contributed by atoms with E-state index in [1.807, 2.05) is 31.2 Å². The van der Waals surface area contributed by atoms with Gasteiger partial charge in [0.25, 0.3) is 5.89 Å².